The van der Waals surface area contributed by atoms with Gasteiger partial charge >= 0.3 is 0 Å². The zero-order chi connectivity index (χ0) is 15.9. The van der Waals surface area contributed by atoms with E-state index in [2.05, 4.69) is 10.6 Å². The van der Waals surface area contributed by atoms with Crippen LogP contribution in [0.5, 0.6) is 0 Å². The molecule has 0 bridgehead atoms. The number of para-hydroxylation sites is 1. The number of amides is 1. The van der Waals surface area contributed by atoms with Crippen molar-refractivity contribution in [2.24, 2.45) is 0 Å². The van der Waals surface area contributed by atoms with E-state index in [1.165, 1.54) is 0 Å². The standard InChI is InChI=1S/C17H16ClN3O/c1-12(13-6-8-15(18)9-7-13)20-11-17(22)21-16-5-3-2-4-14(16)10-19/h2-9,12,20H,11H2,1H3,(H,21,22)/t12-/m1/s1. The van der Waals surface area contributed by atoms with Gasteiger partial charge in [0, 0.05) is 11.1 Å². The van der Waals surface area contributed by atoms with Crippen LogP contribution in [-0.4, -0.2) is 12.5 Å². The van der Waals surface area contributed by atoms with E-state index < -0.39 is 0 Å². The van der Waals surface area contributed by atoms with Crippen molar-refractivity contribution in [3.63, 3.8) is 0 Å². The van der Waals surface area contributed by atoms with E-state index in [4.69, 9.17) is 16.9 Å². The molecule has 2 rings (SSSR count). The van der Waals surface area contributed by atoms with Crippen LogP contribution in [0.25, 0.3) is 0 Å². The van der Waals surface area contributed by atoms with Gasteiger partial charge in [0.1, 0.15) is 6.07 Å². The summed E-state index contributed by atoms with van der Waals surface area (Å²) in [5, 5.41) is 15.5. The van der Waals surface area contributed by atoms with Crippen LogP contribution in [0.1, 0.15) is 24.1 Å². The molecule has 0 fully saturated rings. The highest BCUT2D eigenvalue weighted by Gasteiger charge is 2.09. The molecule has 1 amide bonds. The molecule has 0 saturated heterocycles. The normalized spacial score (nSPS) is 11.5. The molecule has 2 N–H and O–H groups in total. The predicted molar refractivity (Wildman–Crippen MR) is 87.7 cm³/mol. The summed E-state index contributed by atoms with van der Waals surface area (Å²) in [5.41, 5.74) is 2.02. The van der Waals surface area contributed by atoms with Crippen molar-refractivity contribution in [2.45, 2.75) is 13.0 Å². The van der Waals surface area contributed by atoms with Crippen molar-refractivity contribution >= 4 is 23.2 Å². The second-order valence-electron chi connectivity index (χ2n) is 4.86. The number of rotatable bonds is 5. The number of nitrogens with zero attached hydrogens (tertiary/aromatic N) is 1. The number of halogens is 1. The molecular weight excluding hydrogens is 298 g/mol. The van der Waals surface area contributed by atoms with Crippen molar-refractivity contribution in [3.8, 4) is 6.07 Å². The second kappa shape index (κ2) is 7.60. The molecular formula is C17H16ClN3O. The Bertz CT molecular complexity index is 692. The Kier molecular flexibility index (Phi) is 5.54. The minimum Gasteiger partial charge on any atom is -0.324 e. The number of carbonyl (C=O) groups is 1. The molecule has 2 aromatic carbocycles. The molecule has 4 nitrogen and oxygen atoms in total. The Labute approximate surface area is 134 Å². The molecule has 0 aliphatic carbocycles. The Balaban J connectivity index is 1.90. The first-order valence-corrected chi connectivity index (χ1v) is 7.26. The average Bonchev–Trinajstić information content (AvgIpc) is 2.54. The maximum Gasteiger partial charge on any atom is 0.238 e. The molecule has 5 heteroatoms. The highest BCUT2D eigenvalue weighted by Crippen LogP contribution is 2.16. The van der Waals surface area contributed by atoms with E-state index in [-0.39, 0.29) is 18.5 Å². The van der Waals surface area contributed by atoms with Gasteiger partial charge in [-0.05, 0) is 36.8 Å². The quantitative estimate of drug-likeness (QED) is 0.888. The van der Waals surface area contributed by atoms with Crippen LogP contribution in [0.3, 0.4) is 0 Å². The number of nitriles is 1. The Morgan fingerprint density at radius 1 is 1.23 bits per heavy atom. The third-order valence-electron chi connectivity index (χ3n) is 3.26. The summed E-state index contributed by atoms with van der Waals surface area (Å²) in [4.78, 5) is 12.0. The summed E-state index contributed by atoms with van der Waals surface area (Å²) in [6, 6.07) is 16.5. The fourth-order valence-corrected chi connectivity index (χ4v) is 2.13. The molecule has 0 radical (unpaired) electrons. The second-order valence-corrected chi connectivity index (χ2v) is 5.30. The zero-order valence-corrected chi connectivity index (χ0v) is 12.9. The van der Waals surface area contributed by atoms with Crippen LogP contribution in [0.4, 0.5) is 5.69 Å². The summed E-state index contributed by atoms with van der Waals surface area (Å²) in [5.74, 6) is -0.191. The third-order valence-corrected chi connectivity index (χ3v) is 3.51. The Morgan fingerprint density at radius 3 is 2.59 bits per heavy atom. The fraction of sp³-hybridized carbons (Fsp3) is 0.176. The topological polar surface area (TPSA) is 64.9 Å². The molecule has 0 aliphatic heterocycles. The summed E-state index contributed by atoms with van der Waals surface area (Å²) >= 11 is 5.85. The Morgan fingerprint density at radius 2 is 1.91 bits per heavy atom. The van der Waals surface area contributed by atoms with Gasteiger partial charge < -0.3 is 10.6 Å². The lowest BCUT2D eigenvalue weighted by atomic mass is 10.1. The van der Waals surface area contributed by atoms with E-state index >= 15 is 0 Å². The van der Waals surface area contributed by atoms with Crippen LogP contribution in [0.15, 0.2) is 48.5 Å². The number of benzene rings is 2. The van der Waals surface area contributed by atoms with E-state index in [9.17, 15) is 4.79 Å². The summed E-state index contributed by atoms with van der Waals surface area (Å²) in [6.45, 7) is 2.13. The molecule has 0 heterocycles. The monoisotopic (exact) mass is 313 g/mol. The summed E-state index contributed by atoms with van der Waals surface area (Å²) in [7, 11) is 0. The molecule has 0 aromatic heterocycles. The first-order chi connectivity index (χ1) is 10.6. The van der Waals surface area contributed by atoms with Gasteiger partial charge in [-0.3, -0.25) is 4.79 Å². The van der Waals surface area contributed by atoms with Crippen molar-refractivity contribution in [1.82, 2.24) is 5.32 Å². The zero-order valence-electron chi connectivity index (χ0n) is 12.1. The van der Waals surface area contributed by atoms with E-state index in [1.807, 2.05) is 37.3 Å². The van der Waals surface area contributed by atoms with Crippen molar-refractivity contribution in [3.05, 3.63) is 64.7 Å². The van der Waals surface area contributed by atoms with Crippen molar-refractivity contribution in [1.29, 1.82) is 5.26 Å². The SMILES string of the molecule is C[C@@H](NCC(=O)Nc1ccccc1C#N)c1ccc(Cl)cc1. The highest BCUT2D eigenvalue weighted by molar-refractivity contribution is 6.30. The number of hydrogen-bond donors (Lipinski definition) is 2. The van der Waals surface area contributed by atoms with Crippen LogP contribution in [0.2, 0.25) is 5.02 Å². The summed E-state index contributed by atoms with van der Waals surface area (Å²) < 4.78 is 0. The van der Waals surface area contributed by atoms with Gasteiger partial charge in [0.2, 0.25) is 5.91 Å². The van der Waals surface area contributed by atoms with Gasteiger partial charge in [-0.1, -0.05) is 35.9 Å². The largest absolute Gasteiger partial charge is 0.324 e. The molecule has 1 atom stereocenters. The molecule has 22 heavy (non-hydrogen) atoms. The van der Waals surface area contributed by atoms with Crippen LogP contribution in [0, 0.1) is 11.3 Å². The number of hydrogen-bond acceptors (Lipinski definition) is 3. The maximum atomic E-state index is 12.0. The number of carbonyl (C=O) groups excluding carboxylic acids is 1. The van der Waals surface area contributed by atoms with Gasteiger partial charge in [-0.25, -0.2) is 0 Å². The Hall–Kier alpha value is -2.35. The minimum absolute atomic E-state index is 0.0224. The van der Waals surface area contributed by atoms with E-state index in [0.717, 1.165) is 5.56 Å². The lowest BCUT2D eigenvalue weighted by Gasteiger charge is -2.14. The third kappa shape index (κ3) is 4.32. The van der Waals surface area contributed by atoms with E-state index in [1.54, 1.807) is 24.3 Å². The number of anilines is 1. The average molecular weight is 314 g/mol. The highest BCUT2D eigenvalue weighted by atomic mass is 35.5. The molecule has 0 unspecified atom stereocenters. The molecule has 0 saturated carbocycles. The van der Waals surface area contributed by atoms with Gasteiger partial charge in [-0.2, -0.15) is 5.26 Å². The fourth-order valence-electron chi connectivity index (χ4n) is 2.00. The van der Waals surface area contributed by atoms with Gasteiger partial charge in [0.05, 0.1) is 17.8 Å². The minimum atomic E-state index is -0.191. The lowest BCUT2D eigenvalue weighted by molar-refractivity contribution is -0.115. The van der Waals surface area contributed by atoms with Gasteiger partial charge in [-0.15, -0.1) is 0 Å². The van der Waals surface area contributed by atoms with Crippen LogP contribution in [-0.2, 0) is 4.79 Å². The van der Waals surface area contributed by atoms with Crippen molar-refractivity contribution in [2.75, 3.05) is 11.9 Å². The predicted octanol–water partition coefficient (Wildman–Crippen LogP) is 3.50. The first kappa shape index (κ1) is 16.0. The lowest BCUT2D eigenvalue weighted by Crippen LogP contribution is -2.30. The molecule has 2 aromatic rings. The smallest absolute Gasteiger partial charge is 0.238 e. The van der Waals surface area contributed by atoms with Gasteiger partial charge in [0.25, 0.3) is 0 Å². The van der Waals surface area contributed by atoms with Crippen LogP contribution < -0.4 is 10.6 Å². The van der Waals surface area contributed by atoms with Crippen molar-refractivity contribution < 1.29 is 4.79 Å². The van der Waals surface area contributed by atoms with Gasteiger partial charge in [0.15, 0.2) is 0 Å². The maximum absolute atomic E-state index is 12.0. The summed E-state index contributed by atoms with van der Waals surface area (Å²) in [6.07, 6.45) is 0. The molecule has 112 valence electrons. The molecule has 0 aliphatic rings. The first-order valence-electron chi connectivity index (χ1n) is 6.88. The number of nitrogens with one attached hydrogen (secondary N) is 2. The van der Waals surface area contributed by atoms with Crippen LogP contribution >= 0.6 is 11.6 Å². The molecule has 0 spiro atoms. The van der Waals surface area contributed by atoms with E-state index in [0.29, 0.717) is 16.3 Å².